The quantitative estimate of drug-likeness (QED) is 0.502. The molecule has 2 aromatic heterocycles. The predicted octanol–water partition coefficient (Wildman–Crippen LogP) is 3.92. The molecule has 1 amide bonds. The van der Waals surface area contributed by atoms with Gasteiger partial charge in [-0.15, -0.1) is 0 Å². The molecule has 2 heterocycles. The van der Waals surface area contributed by atoms with E-state index >= 15 is 0 Å². The normalized spacial score (nSPS) is 12.6. The number of fused-ring (bicyclic) bond motifs is 3. The summed E-state index contributed by atoms with van der Waals surface area (Å²) in [5.41, 5.74) is 3.33. The van der Waals surface area contributed by atoms with Gasteiger partial charge in [0, 0.05) is 22.9 Å². The van der Waals surface area contributed by atoms with Gasteiger partial charge in [0.25, 0.3) is 5.91 Å². The first-order chi connectivity index (χ1) is 14.6. The van der Waals surface area contributed by atoms with Gasteiger partial charge in [0.15, 0.2) is 11.6 Å². The lowest BCUT2D eigenvalue weighted by Gasteiger charge is -2.20. The standard InChI is InChI=1S/C24H17N3O3/c1-2-17-21(27-13-6-5-12-19(27)25-17)24(30)26-18-11-7-10-16-20(18)23(29)15-9-4-3-8-14(15)22(16)28/h3-13H,2H2,1H3,(H,26,30). The summed E-state index contributed by atoms with van der Waals surface area (Å²) in [6, 6.07) is 17.2. The van der Waals surface area contributed by atoms with E-state index in [0.717, 1.165) is 0 Å². The van der Waals surface area contributed by atoms with Crippen LogP contribution >= 0.6 is 0 Å². The first-order valence-corrected chi connectivity index (χ1v) is 9.69. The number of aryl methyl sites for hydroxylation is 1. The minimum absolute atomic E-state index is 0.222. The molecule has 1 aliphatic carbocycles. The molecule has 0 atom stereocenters. The summed E-state index contributed by atoms with van der Waals surface area (Å²) in [6.45, 7) is 1.93. The Morgan fingerprint density at radius 3 is 2.37 bits per heavy atom. The van der Waals surface area contributed by atoms with Gasteiger partial charge < -0.3 is 5.32 Å². The number of pyridine rings is 1. The zero-order chi connectivity index (χ0) is 20.8. The maximum Gasteiger partial charge on any atom is 0.274 e. The Balaban J connectivity index is 1.61. The highest BCUT2D eigenvalue weighted by atomic mass is 16.2. The number of hydrogen-bond acceptors (Lipinski definition) is 4. The van der Waals surface area contributed by atoms with E-state index in [1.54, 1.807) is 53.1 Å². The van der Waals surface area contributed by atoms with E-state index in [4.69, 9.17) is 0 Å². The molecular formula is C24H17N3O3. The molecule has 0 spiro atoms. The minimum Gasteiger partial charge on any atom is -0.320 e. The lowest BCUT2D eigenvalue weighted by Crippen LogP contribution is -2.24. The number of carbonyl (C=O) groups is 3. The molecule has 0 aliphatic heterocycles. The van der Waals surface area contributed by atoms with Gasteiger partial charge >= 0.3 is 0 Å². The maximum atomic E-state index is 13.2. The third-order valence-corrected chi connectivity index (χ3v) is 5.35. The van der Waals surface area contributed by atoms with E-state index in [-0.39, 0.29) is 23.0 Å². The fourth-order valence-corrected chi connectivity index (χ4v) is 3.96. The van der Waals surface area contributed by atoms with Crippen LogP contribution in [-0.4, -0.2) is 26.9 Å². The second-order valence-corrected chi connectivity index (χ2v) is 7.08. The van der Waals surface area contributed by atoms with E-state index < -0.39 is 0 Å². The molecule has 146 valence electrons. The van der Waals surface area contributed by atoms with Gasteiger partial charge in [-0.05, 0) is 24.6 Å². The van der Waals surface area contributed by atoms with Gasteiger partial charge in [0.2, 0.25) is 0 Å². The maximum absolute atomic E-state index is 13.2. The molecule has 2 aromatic carbocycles. The highest BCUT2D eigenvalue weighted by Crippen LogP contribution is 2.32. The van der Waals surface area contributed by atoms with Gasteiger partial charge in [-0.1, -0.05) is 49.4 Å². The molecule has 30 heavy (non-hydrogen) atoms. The lowest BCUT2D eigenvalue weighted by molar-refractivity contribution is 0.0978. The highest BCUT2D eigenvalue weighted by Gasteiger charge is 2.32. The van der Waals surface area contributed by atoms with Crippen molar-refractivity contribution in [3.8, 4) is 0 Å². The summed E-state index contributed by atoms with van der Waals surface area (Å²) in [6.07, 6.45) is 2.36. The van der Waals surface area contributed by atoms with Crippen molar-refractivity contribution in [3.63, 3.8) is 0 Å². The number of amides is 1. The molecule has 1 aliphatic rings. The number of ketones is 2. The van der Waals surface area contributed by atoms with Crippen molar-refractivity contribution in [3.05, 3.63) is 101 Å². The van der Waals surface area contributed by atoms with Crippen molar-refractivity contribution < 1.29 is 14.4 Å². The van der Waals surface area contributed by atoms with E-state index in [0.29, 0.717) is 45.8 Å². The first kappa shape index (κ1) is 18.0. The number of benzene rings is 2. The average molecular weight is 395 g/mol. The Kier molecular flexibility index (Phi) is 4.06. The topological polar surface area (TPSA) is 80.5 Å². The van der Waals surface area contributed by atoms with Crippen LogP contribution in [0.4, 0.5) is 5.69 Å². The molecule has 5 rings (SSSR count). The molecule has 0 saturated carbocycles. The Bertz CT molecular complexity index is 1370. The predicted molar refractivity (Wildman–Crippen MR) is 112 cm³/mol. The van der Waals surface area contributed by atoms with Crippen LogP contribution in [0, 0.1) is 0 Å². The van der Waals surface area contributed by atoms with Crippen LogP contribution in [0.25, 0.3) is 5.65 Å². The summed E-state index contributed by atoms with van der Waals surface area (Å²) >= 11 is 0. The smallest absolute Gasteiger partial charge is 0.274 e. The molecule has 0 saturated heterocycles. The first-order valence-electron chi connectivity index (χ1n) is 9.69. The van der Waals surface area contributed by atoms with Crippen molar-refractivity contribution in [2.75, 3.05) is 5.32 Å². The van der Waals surface area contributed by atoms with Crippen LogP contribution < -0.4 is 5.32 Å². The van der Waals surface area contributed by atoms with Crippen LogP contribution in [0.5, 0.6) is 0 Å². The molecule has 0 fully saturated rings. The minimum atomic E-state index is -0.377. The van der Waals surface area contributed by atoms with Crippen molar-refractivity contribution in [2.45, 2.75) is 13.3 Å². The second-order valence-electron chi connectivity index (χ2n) is 7.08. The molecular weight excluding hydrogens is 378 g/mol. The van der Waals surface area contributed by atoms with E-state index in [1.807, 2.05) is 25.1 Å². The number of nitrogens with one attached hydrogen (secondary N) is 1. The zero-order valence-corrected chi connectivity index (χ0v) is 16.2. The third-order valence-electron chi connectivity index (χ3n) is 5.35. The summed E-state index contributed by atoms with van der Waals surface area (Å²) in [5, 5.41) is 2.85. The van der Waals surface area contributed by atoms with Gasteiger partial charge in [0.05, 0.1) is 16.9 Å². The monoisotopic (exact) mass is 395 g/mol. The highest BCUT2D eigenvalue weighted by molar-refractivity contribution is 6.30. The fraction of sp³-hybridized carbons (Fsp3) is 0.0833. The number of rotatable bonds is 3. The van der Waals surface area contributed by atoms with E-state index in [9.17, 15) is 14.4 Å². The van der Waals surface area contributed by atoms with Crippen LogP contribution in [0.15, 0.2) is 66.9 Å². The molecule has 0 bridgehead atoms. The van der Waals surface area contributed by atoms with Crippen molar-refractivity contribution in [1.82, 2.24) is 9.38 Å². The van der Waals surface area contributed by atoms with Crippen LogP contribution in [0.2, 0.25) is 0 Å². The summed E-state index contributed by atoms with van der Waals surface area (Å²) < 4.78 is 1.73. The molecule has 4 aromatic rings. The van der Waals surface area contributed by atoms with Gasteiger partial charge in [-0.25, -0.2) is 4.98 Å². The lowest BCUT2D eigenvalue weighted by atomic mass is 9.83. The SMILES string of the molecule is CCc1nc2ccccn2c1C(=O)Nc1cccc2c1C(=O)c1ccccc1C2=O. The number of nitrogens with zero attached hydrogens (tertiary/aromatic N) is 2. The number of anilines is 1. The molecule has 0 unspecified atom stereocenters. The average Bonchev–Trinajstić information content (AvgIpc) is 3.16. The zero-order valence-electron chi connectivity index (χ0n) is 16.2. The Morgan fingerprint density at radius 1 is 0.900 bits per heavy atom. The van der Waals surface area contributed by atoms with Crippen LogP contribution in [0.1, 0.15) is 54.9 Å². The molecule has 0 radical (unpaired) electrons. The van der Waals surface area contributed by atoms with Crippen molar-refractivity contribution in [2.24, 2.45) is 0 Å². The Labute approximate surface area is 172 Å². The van der Waals surface area contributed by atoms with E-state index in [2.05, 4.69) is 10.3 Å². The number of aromatic nitrogens is 2. The van der Waals surface area contributed by atoms with Crippen molar-refractivity contribution >= 4 is 28.8 Å². The molecule has 1 N–H and O–H groups in total. The second kappa shape index (κ2) is 6.77. The third kappa shape index (κ3) is 2.58. The Morgan fingerprint density at radius 2 is 1.60 bits per heavy atom. The molecule has 6 heteroatoms. The summed E-state index contributed by atoms with van der Waals surface area (Å²) in [4.78, 5) is 43.8. The number of carbonyl (C=O) groups excluding carboxylic acids is 3. The van der Waals surface area contributed by atoms with Gasteiger partial charge in [0.1, 0.15) is 11.3 Å². The fourth-order valence-electron chi connectivity index (χ4n) is 3.96. The molecule has 6 nitrogen and oxygen atoms in total. The van der Waals surface area contributed by atoms with Crippen molar-refractivity contribution in [1.29, 1.82) is 0 Å². The van der Waals surface area contributed by atoms with E-state index in [1.165, 1.54) is 0 Å². The largest absolute Gasteiger partial charge is 0.320 e. The van der Waals surface area contributed by atoms with Gasteiger partial charge in [-0.3, -0.25) is 18.8 Å². The summed E-state index contributed by atoms with van der Waals surface area (Å²) in [5.74, 6) is -0.872. The number of hydrogen-bond donors (Lipinski definition) is 1. The van der Waals surface area contributed by atoms with Gasteiger partial charge in [-0.2, -0.15) is 0 Å². The Hall–Kier alpha value is -4.06. The number of imidazole rings is 1. The van der Waals surface area contributed by atoms with Crippen LogP contribution in [-0.2, 0) is 6.42 Å². The summed E-state index contributed by atoms with van der Waals surface area (Å²) in [7, 11) is 0. The van der Waals surface area contributed by atoms with Crippen LogP contribution in [0.3, 0.4) is 0 Å².